The molecule has 6 rings (SSSR count). The average Bonchev–Trinajstić information content (AvgIpc) is 2.93. The molecule has 1 heterocycles. The van der Waals surface area contributed by atoms with Crippen molar-refractivity contribution in [2.45, 2.75) is 0 Å². The van der Waals surface area contributed by atoms with Gasteiger partial charge in [-0.25, -0.2) is 9.97 Å². The number of fused-ring (bicyclic) bond motifs is 2. The molecule has 5 aromatic carbocycles. The molecule has 0 fully saturated rings. The van der Waals surface area contributed by atoms with E-state index in [9.17, 15) is 0 Å². The molecule has 0 aliphatic heterocycles. The number of anilines is 2. The van der Waals surface area contributed by atoms with Gasteiger partial charge in [-0.2, -0.15) is 0 Å². The number of nitrogens with zero attached hydrogens (tertiary/aromatic N) is 2. The number of hydrogen-bond donors (Lipinski definition) is 2. The number of nitrogens with one attached hydrogen (secondary N) is 2. The highest BCUT2D eigenvalue weighted by molar-refractivity contribution is 7.80. The zero-order valence-electron chi connectivity index (χ0n) is 19.3. The summed E-state index contributed by atoms with van der Waals surface area (Å²) in [6.07, 6.45) is 0. The van der Waals surface area contributed by atoms with E-state index in [4.69, 9.17) is 22.2 Å². The van der Waals surface area contributed by atoms with Crippen LogP contribution in [-0.2, 0) is 0 Å². The Morgan fingerprint density at radius 3 is 1.89 bits per heavy atom. The van der Waals surface area contributed by atoms with Crippen molar-refractivity contribution in [3.63, 3.8) is 0 Å². The van der Waals surface area contributed by atoms with Crippen molar-refractivity contribution in [2.75, 3.05) is 10.6 Å². The van der Waals surface area contributed by atoms with Gasteiger partial charge in [0, 0.05) is 27.9 Å². The molecule has 0 bridgehead atoms. The van der Waals surface area contributed by atoms with Crippen molar-refractivity contribution < 1.29 is 0 Å². The van der Waals surface area contributed by atoms with Crippen LogP contribution in [0.5, 0.6) is 0 Å². The van der Waals surface area contributed by atoms with E-state index in [2.05, 4.69) is 53.1 Å². The SMILES string of the molecule is S=C(Nc1ccc2nc(-c3ccccc3)c(-c3ccccc3)nc2c1)Nc1cccc2ccccc12. The summed E-state index contributed by atoms with van der Waals surface area (Å²) in [4.78, 5) is 10.1. The quantitative estimate of drug-likeness (QED) is 0.250. The molecule has 4 nitrogen and oxygen atoms in total. The Balaban J connectivity index is 1.34. The van der Waals surface area contributed by atoms with Crippen LogP contribution in [0.15, 0.2) is 121 Å². The largest absolute Gasteiger partial charge is 0.332 e. The summed E-state index contributed by atoms with van der Waals surface area (Å²) in [5.41, 5.74) is 7.21. The van der Waals surface area contributed by atoms with E-state index >= 15 is 0 Å². The third kappa shape index (κ3) is 4.40. The third-order valence-electron chi connectivity index (χ3n) is 6.05. The van der Waals surface area contributed by atoms with Gasteiger partial charge in [0.05, 0.1) is 22.4 Å². The molecule has 6 aromatic rings. The Morgan fingerprint density at radius 1 is 0.556 bits per heavy atom. The van der Waals surface area contributed by atoms with Crippen molar-refractivity contribution >= 4 is 50.5 Å². The van der Waals surface area contributed by atoms with Crippen molar-refractivity contribution in [3.05, 3.63) is 121 Å². The molecular formula is C31H22N4S. The second-order valence-corrected chi connectivity index (χ2v) is 8.87. The van der Waals surface area contributed by atoms with Crippen molar-refractivity contribution in [1.82, 2.24) is 9.97 Å². The van der Waals surface area contributed by atoms with E-state index in [1.165, 1.54) is 0 Å². The topological polar surface area (TPSA) is 49.8 Å². The van der Waals surface area contributed by atoms with E-state index in [1.807, 2.05) is 78.9 Å². The fourth-order valence-electron chi connectivity index (χ4n) is 4.35. The van der Waals surface area contributed by atoms with Gasteiger partial charge in [-0.05, 0) is 41.9 Å². The summed E-state index contributed by atoms with van der Waals surface area (Å²) >= 11 is 5.63. The predicted octanol–water partition coefficient (Wildman–Crippen LogP) is 7.93. The van der Waals surface area contributed by atoms with Crippen molar-refractivity contribution in [1.29, 1.82) is 0 Å². The summed E-state index contributed by atoms with van der Waals surface area (Å²) in [5.74, 6) is 0. The molecule has 0 saturated heterocycles. The first-order valence-corrected chi connectivity index (χ1v) is 12.1. The van der Waals surface area contributed by atoms with Crippen LogP contribution >= 0.6 is 12.2 Å². The molecule has 1 aromatic heterocycles. The lowest BCUT2D eigenvalue weighted by Gasteiger charge is -2.14. The van der Waals surface area contributed by atoms with E-state index in [1.54, 1.807) is 0 Å². The number of thiocarbonyl (C=S) groups is 1. The van der Waals surface area contributed by atoms with Gasteiger partial charge in [0.1, 0.15) is 0 Å². The lowest BCUT2D eigenvalue weighted by Crippen LogP contribution is -2.19. The number of rotatable bonds is 4. The summed E-state index contributed by atoms with van der Waals surface area (Å²) in [5, 5.41) is 9.44. The second-order valence-electron chi connectivity index (χ2n) is 8.46. The van der Waals surface area contributed by atoms with E-state index in [0.29, 0.717) is 5.11 Å². The molecule has 0 aliphatic rings. The zero-order chi connectivity index (χ0) is 24.3. The Bertz CT molecular complexity index is 1690. The Kier molecular flexibility index (Phi) is 5.82. The number of aromatic nitrogens is 2. The Hall–Kier alpha value is -4.61. The molecule has 0 aliphatic carbocycles. The van der Waals surface area contributed by atoms with Gasteiger partial charge >= 0.3 is 0 Å². The maximum atomic E-state index is 5.63. The van der Waals surface area contributed by atoms with Crippen LogP contribution in [0.3, 0.4) is 0 Å². The second kappa shape index (κ2) is 9.56. The van der Waals surface area contributed by atoms with E-state index in [0.717, 1.165) is 55.7 Å². The lowest BCUT2D eigenvalue weighted by molar-refractivity contribution is 1.29. The predicted molar refractivity (Wildman–Crippen MR) is 154 cm³/mol. The summed E-state index contributed by atoms with van der Waals surface area (Å²) < 4.78 is 0. The van der Waals surface area contributed by atoms with Gasteiger partial charge < -0.3 is 10.6 Å². The number of benzene rings is 5. The standard InChI is InChI=1S/C31H22N4S/c36-31(35-26-17-9-15-21-10-7-8-16-25(21)26)32-24-18-19-27-28(20-24)34-30(23-13-5-2-6-14-23)29(33-27)22-11-3-1-4-12-22/h1-20H,(H2,32,35,36). The van der Waals surface area contributed by atoms with Crippen LogP contribution in [0.2, 0.25) is 0 Å². The van der Waals surface area contributed by atoms with Crippen LogP contribution in [0.1, 0.15) is 0 Å². The molecule has 172 valence electrons. The highest BCUT2D eigenvalue weighted by Gasteiger charge is 2.13. The normalized spacial score (nSPS) is 10.9. The first-order chi connectivity index (χ1) is 17.7. The summed E-state index contributed by atoms with van der Waals surface area (Å²) in [7, 11) is 0. The molecule has 0 unspecified atom stereocenters. The molecule has 2 N–H and O–H groups in total. The van der Waals surface area contributed by atoms with Gasteiger partial charge in [0.15, 0.2) is 5.11 Å². The minimum Gasteiger partial charge on any atom is -0.332 e. The molecular weight excluding hydrogens is 460 g/mol. The van der Waals surface area contributed by atoms with Crippen molar-refractivity contribution in [3.8, 4) is 22.5 Å². The van der Waals surface area contributed by atoms with Gasteiger partial charge in [0.25, 0.3) is 0 Å². The fraction of sp³-hybridized carbons (Fsp3) is 0. The molecule has 0 amide bonds. The smallest absolute Gasteiger partial charge is 0.175 e. The van der Waals surface area contributed by atoms with Gasteiger partial charge in [-0.1, -0.05) is 97.1 Å². The van der Waals surface area contributed by atoms with Crippen LogP contribution in [0.25, 0.3) is 44.3 Å². The van der Waals surface area contributed by atoms with Crippen LogP contribution in [-0.4, -0.2) is 15.1 Å². The Morgan fingerprint density at radius 2 is 1.17 bits per heavy atom. The van der Waals surface area contributed by atoms with E-state index < -0.39 is 0 Å². The highest BCUT2D eigenvalue weighted by atomic mass is 32.1. The lowest BCUT2D eigenvalue weighted by atomic mass is 10.0. The first kappa shape index (κ1) is 21.9. The highest BCUT2D eigenvalue weighted by Crippen LogP contribution is 2.31. The minimum atomic E-state index is 0.517. The molecule has 5 heteroatoms. The van der Waals surface area contributed by atoms with Crippen LogP contribution in [0, 0.1) is 0 Å². The maximum Gasteiger partial charge on any atom is 0.175 e. The minimum absolute atomic E-state index is 0.517. The molecule has 0 spiro atoms. The third-order valence-corrected chi connectivity index (χ3v) is 6.26. The zero-order valence-corrected chi connectivity index (χ0v) is 20.2. The van der Waals surface area contributed by atoms with Crippen molar-refractivity contribution in [2.24, 2.45) is 0 Å². The maximum absolute atomic E-state index is 5.63. The summed E-state index contributed by atoms with van der Waals surface area (Å²) in [6.45, 7) is 0. The first-order valence-electron chi connectivity index (χ1n) is 11.7. The van der Waals surface area contributed by atoms with Gasteiger partial charge in [0.2, 0.25) is 0 Å². The van der Waals surface area contributed by atoms with Gasteiger partial charge in [-0.3, -0.25) is 0 Å². The molecule has 0 radical (unpaired) electrons. The molecule has 0 saturated carbocycles. The Labute approximate surface area is 214 Å². The average molecular weight is 483 g/mol. The molecule has 36 heavy (non-hydrogen) atoms. The monoisotopic (exact) mass is 482 g/mol. The fourth-order valence-corrected chi connectivity index (χ4v) is 4.57. The van der Waals surface area contributed by atoms with Crippen LogP contribution < -0.4 is 10.6 Å². The van der Waals surface area contributed by atoms with Crippen LogP contribution in [0.4, 0.5) is 11.4 Å². The van der Waals surface area contributed by atoms with E-state index in [-0.39, 0.29) is 0 Å². The molecule has 0 atom stereocenters. The summed E-state index contributed by atoms with van der Waals surface area (Å²) in [6, 6.07) is 40.7. The number of hydrogen-bond acceptors (Lipinski definition) is 3. The van der Waals surface area contributed by atoms with Gasteiger partial charge in [-0.15, -0.1) is 0 Å².